The van der Waals surface area contributed by atoms with Gasteiger partial charge in [-0.25, -0.2) is 15.0 Å². The smallest absolute Gasteiger partial charge is 0.241 e. The van der Waals surface area contributed by atoms with Crippen LogP contribution in [0.15, 0.2) is 67.0 Å². The van der Waals surface area contributed by atoms with Crippen molar-refractivity contribution in [2.45, 2.75) is 19.4 Å². The van der Waals surface area contributed by atoms with Crippen molar-refractivity contribution in [2.24, 2.45) is 0 Å². The number of thiazole rings is 1. The molecule has 0 spiro atoms. The van der Waals surface area contributed by atoms with E-state index in [2.05, 4.69) is 43.3 Å². The number of anilines is 2. The highest BCUT2D eigenvalue weighted by Gasteiger charge is 2.26. The fourth-order valence-corrected chi connectivity index (χ4v) is 5.05. The minimum absolute atomic E-state index is 0.0123. The maximum absolute atomic E-state index is 12.8. The average molecular weight is 459 g/mol. The first-order chi connectivity index (χ1) is 16.2. The Morgan fingerprint density at radius 3 is 2.45 bits per heavy atom. The zero-order valence-corrected chi connectivity index (χ0v) is 19.3. The van der Waals surface area contributed by atoms with Crippen LogP contribution in [0.4, 0.5) is 11.6 Å². The summed E-state index contributed by atoms with van der Waals surface area (Å²) in [6, 6.07) is 17.9. The van der Waals surface area contributed by atoms with Crippen LogP contribution in [0.25, 0.3) is 10.2 Å². The summed E-state index contributed by atoms with van der Waals surface area (Å²) < 4.78 is 1.21. The number of nitrogens with zero attached hydrogens (tertiary/aromatic N) is 5. The SMILES string of the molecule is CC(C(=O)Nc1ccc(Cc2nc3ccccc3s2)cc1)N1CCN(c2ncccn2)CC1. The van der Waals surface area contributed by atoms with Crippen molar-refractivity contribution in [3.63, 3.8) is 0 Å². The van der Waals surface area contributed by atoms with Crippen LogP contribution in [-0.2, 0) is 11.2 Å². The molecule has 2 aromatic heterocycles. The van der Waals surface area contributed by atoms with E-state index in [-0.39, 0.29) is 11.9 Å². The number of para-hydroxylation sites is 1. The van der Waals surface area contributed by atoms with Gasteiger partial charge in [-0.05, 0) is 42.8 Å². The van der Waals surface area contributed by atoms with Crippen molar-refractivity contribution in [2.75, 3.05) is 36.4 Å². The number of piperazine rings is 1. The normalized spacial score (nSPS) is 15.5. The molecule has 1 N–H and O–H groups in total. The van der Waals surface area contributed by atoms with Crippen LogP contribution in [0.5, 0.6) is 0 Å². The lowest BCUT2D eigenvalue weighted by Gasteiger charge is -2.37. The molecule has 1 unspecified atom stereocenters. The summed E-state index contributed by atoms with van der Waals surface area (Å²) in [7, 11) is 0. The molecular formula is C25H26N6OS. The predicted molar refractivity (Wildman–Crippen MR) is 133 cm³/mol. The molecule has 0 aliphatic carbocycles. The quantitative estimate of drug-likeness (QED) is 0.473. The van der Waals surface area contributed by atoms with Crippen molar-refractivity contribution in [1.82, 2.24) is 19.9 Å². The molecule has 8 heteroatoms. The lowest BCUT2D eigenvalue weighted by Crippen LogP contribution is -2.53. The Bertz CT molecular complexity index is 1190. The molecule has 1 atom stereocenters. The highest BCUT2D eigenvalue weighted by atomic mass is 32.1. The van der Waals surface area contributed by atoms with Gasteiger partial charge in [0, 0.05) is 50.7 Å². The number of amides is 1. The molecule has 168 valence electrons. The van der Waals surface area contributed by atoms with E-state index >= 15 is 0 Å². The van der Waals surface area contributed by atoms with Gasteiger partial charge in [-0.2, -0.15) is 0 Å². The van der Waals surface area contributed by atoms with Gasteiger partial charge in [-0.1, -0.05) is 24.3 Å². The van der Waals surface area contributed by atoms with E-state index < -0.39 is 0 Å². The highest BCUT2D eigenvalue weighted by molar-refractivity contribution is 7.18. The molecule has 1 fully saturated rings. The first-order valence-electron chi connectivity index (χ1n) is 11.2. The Hall–Kier alpha value is -3.36. The molecule has 5 rings (SSSR count). The van der Waals surface area contributed by atoms with Crippen molar-refractivity contribution >= 4 is 39.1 Å². The zero-order chi connectivity index (χ0) is 22.6. The first-order valence-corrected chi connectivity index (χ1v) is 12.0. The van der Waals surface area contributed by atoms with Crippen LogP contribution in [-0.4, -0.2) is 58.0 Å². The monoisotopic (exact) mass is 458 g/mol. The van der Waals surface area contributed by atoms with Gasteiger partial charge < -0.3 is 10.2 Å². The van der Waals surface area contributed by atoms with E-state index in [4.69, 9.17) is 4.98 Å². The summed E-state index contributed by atoms with van der Waals surface area (Å²) >= 11 is 1.73. The molecule has 1 amide bonds. The molecule has 1 aliphatic heterocycles. The number of hydrogen-bond donors (Lipinski definition) is 1. The van der Waals surface area contributed by atoms with Crippen LogP contribution in [0, 0.1) is 0 Å². The van der Waals surface area contributed by atoms with E-state index in [9.17, 15) is 4.79 Å². The lowest BCUT2D eigenvalue weighted by molar-refractivity contribution is -0.120. The van der Waals surface area contributed by atoms with E-state index in [1.807, 2.05) is 43.3 Å². The van der Waals surface area contributed by atoms with Crippen molar-refractivity contribution < 1.29 is 4.79 Å². The van der Waals surface area contributed by atoms with Gasteiger partial charge in [0.15, 0.2) is 0 Å². The van der Waals surface area contributed by atoms with Crippen LogP contribution in [0.2, 0.25) is 0 Å². The van der Waals surface area contributed by atoms with Crippen LogP contribution in [0.3, 0.4) is 0 Å². The van der Waals surface area contributed by atoms with Gasteiger partial charge in [-0.3, -0.25) is 9.69 Å². The van der Waals surface area contributed by atoms with Gasteiger partial charge in [-0.15, -0.1) is 11.3 Å². The summed E-state index contributed by atoms with van der Waals surface area (Å²) in [4.78, 5) is 30.6. The number of carbonyl (C=O) groups is 1. The lowest BCUT2D eigenvalue weighted by atomic mass is 10.1. The average Bonchev–Trinajstić information content (AvgIpc) is 3.28. The van der Waals surface area contributed by atoms with Crippen molar-refractivity contribution in [3.05, 3.63) is 77.6 Å². The second-order valence-corrected chi connectivity index (χ2v) is 9.30. The van der Waals surface area contributed by atoms with Gasteiger partial charge in [0.05, 0.1) is 21.3 Å². The number of carbonyl (C=O) groups excluding carboxylic acids is 1. The molecular weight excluding hydrogens is 432 g/mol. The number of rotatable bonds is 6. The Balaban J connectivity index is 1.14. The summed E-state index contributed by atoms with van der Waals surface area (Å²) in [5.74, 6) is 0.763. The molecule has 0 radical (unpaired) electrons. The van der Waals surface area contributed by atoms with E-state index in [0.29, 0.717) is 0 Å². The molecule has 1 saturated heterocycles. The second-order valence-electron chi connectivity index (χ2n) is 8.19. The van der Waals surface area contributed by atoms with Crippen LogP contribution < -0.4 is 10.2 Å². The van der Waals surface area contributed by atoms with Gasteiger partial charge in [0.25, 0.3) is 0 Å². The summed E-state index contributed by atoms with van der Waals surface area (Å²) in [5, 5.41) is 4.16. The second kappa shape index (κ2) is 9.64. The molecule has 2 aromatic carbocycles. The van der Waals surface area contributed by atoms with E-state index in [1.165, 1.54) is 10.3 Å². The number of benzene rings is 2. The van der Waals surface area contributed by atoms with Crippen LogP contribution >= 0.6 is 11.3 Å². The number of hydrogen-bond acceptors (Lipinski definition) is 7. The molecule has 0 saturated carbocycles. The fourth-order valence-electron chi connectivity index (χ4n) is 4.05. The Morgan fingerprint density at radius 2 is 1.73 bits per heavy atom. The summed E-state index contributed by atoms with van der Waals surface area (Å²) in [6.07, 6.45) is 4.31. The third-order valence-corrected chi connectivity index (χ3v) is 7.03. The molecule has 7 nitrogen and oxygen atoms in total. The molecule has 0 bridgehead atoms. The third-order valence-electron chi connectivity index (χ3n) is 5.99. The standard InChI is InChI=1S/C25H26N6OS/c1-18(30-13-15-31(16-14-30)25-26-11-4-12-27-25)24(32)28-20-9-7-19(8-10-20)17-23-29-21-5-2-3-6-22(21)33-23/h2-12,18H,13-17H2,1H3,(H,28,32). The van der Waals surface area contributed by atoms with E-state index in [1.54, 1.807) is 23.7 Å². The summed E-state index contributed by atoms with van der Waals surface area (Å²) in [5.41, 5.74) is 3.04. The Morgan fingerprint density at radius 1 is 1.00 bits per heavy atom. The Labute approximate surface area is 197 Å². The van der Waals surface area contributed by atoms with Gasteiger partial charge in [0.1, 0.15) is 0 Å². The number of aromatic nitrogens is 3. The van der Waals surface area contributed by atoms with Crippen molar-refractivity contribution in [3.8, 4) is 0 Å². The molecule has 33 heavy (non-hydrogen) atoms. The van der Waals surface area contributed by atoms with E-state index in [0.717, 1.165) is 54.8 Å². The Kier molecular flexibility index (Phi) is 6.28. The molecule has 4 aromatic rings. The molecule has 1 aliphatic rings. The van der Waals surface area contributed by atoms with Crippen molar-refractivity contribution in [1.29, 1.82) is 0 Å². The topological polar surface area (TPSA) is 74.2 Å². The highest BCUT2D eigenvalue weighted by Crippen LogP contribution is 2.24. The zero-order valence-electron chi connectivity index (χ0n) is 18.5. The van der Waals surface area contributed by atoms with Gasteiger partial charge >= 0.3 is 0 Å². The minimum atomic E-state index is -0.203. The fraction of sp³-hybridized carbons (Fsp3) is 0.280. The third kappa shape index (κ3) is 5.02. The molecule has 3 heterocycles. The van der Waals surface area contributed by atoms with Crippen LogP contribution in [0.1, 0.15) is 17.5 Å². The maximum atomic E-state index is 12.8. The number of nitrogens with one attached hydrogen (secondary N) is 1. The minimum Gasteiger partial charge on any atom is -0.338 e. The predicted octanol–water partition coefficient (Wildman–Crippen LogP) is 3.83. The largest absolute Gasteiger partial charge is 0.338 e. The summed E-state index contributed by atoms with van der Waals surface area (Å²) in [6.45, 7) is 5.18. The number of fused-ring (bicyclic) bond motifs is 1. The first kappa shape index (κ1) is 21.5. The van der Waals surface area contributed by atoms with Gasteiger partial charge in [0.2, 0.25) is 11.9 Å². The maximum Gasteiger partial charge on any atom is 0.241 e.